The van der Waals surface area contributed by atoms with Crippen LogP contribution in [-0.2, 0) is 5.88 Å². The monoisotopic (exact) mass is 299 g/mol. The van der Waals surface area contributed by atoms with Gasteiger partial charge in [-0.15, -0.1) is 11.6 Å². The number of imidazole rings is 1. The van der Waals surface area contributed by atoms with E-state index in [2.05, 4.69) is 41.5 Å². The molecule has 2 aromatic rings. The first-order chi connectivity index (χ1) is 9.04. The van der Waals surface area contributed by atoms with Gasteiger partial charge in [-0.25, -0.2) is 4.98 Å². The third-order valence-corrected chi connectivity index (χ3v) is 3.84. The normalized spacial score (nSPS) is 13.4. The maximum atomic E-state index is 6.20. The van der Waals surface area contributed by atoms with E-state index < -0.39 is 0 Å². The molecule has 0 amide bonds. The zero-order valence-electron chi connectivity index (χ0n) is 11.5. The Bertz CT molecular complexity index is 563. The summed E-state index contributed by atoms with van der Waals surface area (Å²) in [5, 5.41) is 0.683. The number of alkyl halides is 1. The molecule has 104 valence electrons. The molecule has 0 fully saturated rings. The second-order valence-electron chi connectivity index (χ2n) is 5.08. The van der Waals surface area contributed by atoms with E-state index in [1.807, 2.05) is 12.1 Å². The predicted octanol–water partition coefficient (Wildman–Crippen LogP) is 3.94. The van der Waals surface area contributed by atoms with Crippen LogP contribution in [0.25, 0.3) is 11.0 Å². The van der Waals surface area contributed by atoms with Crippen molar-refractivity contribution in [1.29, 1.82) is 0 Å². The van der Waals surface area contributed by atoms with Gasteiger partial charge in [0, 0.05) is 6.04 Å². The van der Waals surface area contributed by atoms with E-state index in [1.165, 1.54) is 0 Å². The smallest absolute Gasteiger partial charge is 0.125 e. The van der Waals surface area contributed by atoms with Crippen molar-refractivity contribution in [1.82, 2.24) is 14.5 Å². The van der Waals surface area contributed by atoms with Crippen LogP contribution in [0.3, 0.4) is 0 Å². The third-order valence-electron chi connectivity index (χ3n) is 3.30. The summed E-state index contributed by atoms with van der Waals surface area (Å²) < 4.78 is 2.21. The topological polar surface area (TPSA) is 21.1 Å². The zero-order chi connectivity index (χ0) is 14.0. The SMILES string of the molecule is CC(CCN(C)C)n1c(CCl)nc2c(Cl)cccc21. The van der Waals surface area contributed by atoms with Crippen LogP contribution in [0, 0.1) is 0 Å². The van der Waals surface area contributed by atoms with Crippen molar-refractivity contribution in [2.45, 2.75) is 25.3 Å². The first-order valence-corrected chi connectivity index (χ1v) is 7.32. The molecule has 0 spiro atoms. The fourth-order valence-corrected chi connectivity index (χ4v) is 2.69. The lowest BCUT2D eigenvalue weighted by atomic mass is 10.2. The highest BCUT2D eigenvalue weighted by Crippen LogP contribution is 2.28. The molecule has 0 radical (unpaired) electrons. The van der Waals surface area contributed by atoms with Crippen molar-refractivity contribution in [2.75, 3.05) is 20.6 Å². The second kappa shape index (κ2) is 6.12. The van der Waals surface area contributed by atoms with Gasteiger partial charge in [-0.1, -0.05) is 17.7 Å². The Morgan fingerprint density at radius 3 is 2.74 bits per heavy atom. The molecule has 1 aromatic carbocycles. The van der Waals surface area contributed by atoms with Gasteiger partial charge in [0.05, 0.1) is 16.4 Å². The summed E-state index contributed by atoms with van der Waals surface area (Å²) in [5.41, 5.74) is 1.91. The molecule has 1 heterocycles. The first kappa shape index (κ1) is 14.6. The molecule has 3 nitrogen and oxygen atoms in total. The van der Waals surface area contributed by atoms with Gasteiger partial charge in [-0.2, -0.15) is 0 Å². The number of halogens is 2. The van der Waals surface area contributed by atoms with Gasteiger partial charge in [0.2, 0.25) is 0 Å². The molecule has 0 saturated carbocycles. The van der Waals surface area contributed by atoms with Crippen LogP contribution in [-0.4, -0.2) is 35.1 Å². The molecule has 0 aliphatic rings. The van der Waals surface area contributed by atoms with Crippen LogP contribution >= 0.6 is 23.2 Å². The van der Waals surface area contributed by atoms with Crippen molar-refractivity contribution >= 4 is 34.2 Å². The lowest BCUT2D eigenvalue weighted by Gasteiger charge is -2.19. The number of benzene rings is 1. The second-order valence-corrected chi connectivity index (χ2v) is 5.75. The Hall–Kier alpha value is -0.770. The third kappa shape index (κ3) is 3.04. The van der Waals surface area contributed by atoms with Gasteiger partial charge in [0.25, 0.3) is 0 Å². The minimum atomic E-state index is 0.347. The van der Waals surface area contributed by atoms with E-state index in [0.29, 0.717) is 16.9 Å². The maximum Gasteiger partial charge on any atom is 0.125 e. The summed E-state index contributed by atoms with van der Waals surface area (Å²) in [6.07, 6.45) is 1.05. The number of aromatic nitrogens is 2. The van der Waals surface area contributed by atoms with E-state index >= 15 is 0 Å². The van der Waals surface area contributed by atoms with Crippen LogP contribution < -0.4 is 0 Å². The van der Waals surface area contributed by atoms with Crippen molar-refractivity contribution in [2.24, 2.45) is 0 Å². The van der Waals surface area contributed by atoms with Crippen molar-refractivity contribution in [3.05, 3.63) is 29.0 Å². The Kier molecular flexibility index (Phi) is 4.71. The minimum absolute atomic E-state index is 0.347. The van der Waals surface area contributed by atoms with Gasteiger partial charge < -0.3 is 9.47 Å². The predicted molar refractivity (Wildman–Crippen MR) is 82.2 cm³/mol. The van der Waals surface area contributed by atoms with Gasteiger partial charge >= 0.3 is 0 Å². The Morgan fingerprint density at radius 1 is 1.37 bits per heavy atom. The molecule has 5 heteroatoms. The number of nitrogens with zero attached hydrogens (tertiary/aromatic N) is 3. The van der Waals surface area contributed by atoms with E-state index in [9.17, 15) is 0 Å². The molecule has 0 bridgehead atoms. The van der Waals surface area contributed by atoms with E-state index in [-0.39, 0.29) is 0 Å². The summed E-state index contributed by atoms with van der Waals surface area (Å²) in [5.74, 6) is 1.29. The lowest BCUT2D eigenvalue weighted by molar-refractivity contribution is 0.358. The highest BCUT2D eigenvalue weighted by atomic mass is 35.5. The molecule has 0 aliphatic heterocycles. The van der Waals surface area contributed by atoms with Crippen molar-refractivity contribution < 1.29 is 0 Å². The number of rotatable bonds is 5. The van der Waals surface area contributed by atoms with Gasteiger partial charge in [-0.05, 0) is 46.1 Å². The molecule has 0 saturated heterocycles. The first-order valence-electron chi connectivity index (χ1n) is 6.40. The van der Waals surface area contributed by atoms with Gasteiger partial charge in [-0.3, -0.25) is 0 Å². The molecule has 0 aliphatic carbocycles. The summed E-state index contributed by atoms with van der Waals surface area (Å²) in [6, 6.07) is 6.22. The molecule has 19 heavy (non-hydrogen) atoms. The molecule has 1 aromatic heterocycles. The number of hydrogen-bond acceptors (Lipinski definition) is 2. The molecular weight excluding hydrogens is 281 g/mol. The quantitative estimate of drug-likeness (QED) is 0.780. The standard InChI is InChI=1S/C14H19Cl2N3/c1-10(7-8-18(2)3)19-12-6-4-5-11(16)14(12)17-13(19)9-15/h4-6,10H,7-9H2,1-3H3. The Balaban J connectivity index is 2.42. The average Bonchev–Trinajstić information content (AvgIpc) is 2.76. The number of hydrogen-bond donors (Lipinski definition) is 0. The Labute approximate surface area is 124 Å². The summed E-state index contributed by atoms with van der Waals surface area (Å²) >= 11 is 12.2. The molecule has 1 unspecified atom stereocenters. The summed E-state index contributed by atoms with van der Waals surface area (Å²) in [6.45, 7) is 3.23. The van der Waals surface area contributed by atoms with Crippen LogP contribution in [0.15, 0.2) is 18.2 Å². The van der Waals surface area contributed by atoms with Gasteiger partial charge in [0.15, 0.2) is 0 Å². The largest absolute Gasteiger partial charge is 0.324 e. The molecule has 0 N–H and O–H groups in total. The Morgan fingerprint density at radius 2 is 2.11 bits per heavy atom. The molecule has 1 atom stereocenters. The molecule has 2 rings (SSSR count). The van der Waals surface area contributed by atoms with Crippen LogP contribution in [0.5, 0.6) is 0 Å². The number of para-hydroxylation sites is 1. The van der Waals surface area contributed by atoms with Crippen LogP contribution in [0.4, 0.5) is 0 Å². The van der Waals surface area contributed by atoms with Gasteiger partial charge in [0.1, 0.15) is 11.3 Å². The van der Waals surface area contributed by atoms with Crippen LogP contribution in [0.2, 0.25) is 5.02 Å². The van der Waals surface area contributed by atoms with E-state index in [0.717, 1.165) is 29.8 Å². The summed E-state index contributed by atoms with van der Waals surface area (Å²) in [7, 11) is 4.16. The fraction of sp³-hybridized carbons (Fsp3) is 0.500. The molecular formula is C14H19Cl2N3. The van der Waals surface area contributed by atoms with E-state index in [4.69, 9.17) is 23.2 Å². The fourth-order valence-electron chi connectivity index (χ4n) is 2.29. The maximum absolute atomic E-state index is 6.20. The summed E-state index contributed by atoms with van der Waals surface area (Å²) in [4.78, 5) is 6.75. The highest BCUT2D eigenvalue weighted by molar-refractivity contribution is 6.35. The lowest BCUT2D eigenvalue weighted by Crippen LogP contribution is -2.18. The van der Waals surface area contributed by atoms with Crippen LogP contribution in [0.1, 0.15) is 25.2 Å². The zero-order valence-corrected chi connectivity index (χ0v) is 13.0. The average molecular weight is 300 g/mol. The van der Waals surface area contributed by atoms with Crippen molar-refractivity contribution in [3.63, 3.8) is 0 Å². The minimum Gasteiger partial charge on any atom is -0.324 e. The highest BCUT2D eigenvalue weighted by Gasteiger charge is 2.16. The van der Waals surface area contributed by atoms with E-state index in [1.54, 1.807) is 0 Å². The number of fused-ring (bicyclic) bond motifs is 1. The van der Waals surface area contributed by atoms with Crippen molar-refractivity contribution in [3.8, 4) is 0 Å².